The second kappa shape index (κ2) is 6.24. The van der Waals surface area contributed by atoms with Crippen molar-refractivity contribution in [3.05, 3.63) is 0 Å². The molecule has 0 aromatic carbocycles. The number of aliphatic carboxylic acids is 1. The van der Waals surface area contributed by atoms with Gasteiger partial charge in [-0.3, -0.25) is 4.90 Å². The third-order valence-corrected chi connectivity index (χ3v) is 4.02. The molecule has 1 amide bonds. The largest absolute Gasteiger partial charge is 0.479 e. The van der Waals surface area contributed by atoms with E-state index in [9.17, 15) is 14.7 Å². The summed E-state index contributed by atoms with van der Waals surface area (Å²) >= 11 is 0. The molecule has 1 saturated carbocycles. The van der Waals surface area contributed by atoms with Crippen molar-refractivity contribution < 1.29 is 19.4 Å². The first-order valence-electron chi connectivity index (χ1n) is 7.76. The van der Waals surface area contributed by atoms with Gasteiger partial charge in [-0.2, -0.15) is 0 Å². The molecule has 1 rings (SSSR count). The predicted octanol–water partition coefficient (Wildman–Crippen LogP) is 3.52. The highest BCUT2D eigenvalue weighted by atomic mass is 16.6. The fourth-order valence-corrected chi connectivity index (χ4v) is 3.52. The fourth-order valence-electron chi connectivity index (χ4n) is 3.52. The maximum Gasteiger partial charge on any atom is 0.411 e. The summed E-state index contributed by atoms with van der Waals surface area (Å²) in [6, 6.07) is 0. The Morgan fingerprint density at radius 1 is 1.24 bits per heavy atom. The average Bonchev–Trinajstić information content (AvgIpc) is 2.25. The molecule has 1 fully saturated rings. The van der Waals surface area contributed by atoms with Gasteiger partial charge in [0.15, 0.2) is 0 Å². The standard InChI is InChI=1S/C16H29NO4/c1-7-17(14(20)21-15(4,5)6)16(13(18)19)9-11(2)8-12(3)10-16/h11-12H,7-10H2,1-6H3,(H,18,19). The van der Waals surface area contributed by atoms with Gasteiger partial charge < -0.3 is 9.84 Å². The summed E-state index contributed by atoms with van der Waals surface area (Å²) in [6.07, 6.45) is 1.44. The quantitative estimate of drug-likeness (QED) is 0.865. The van der Waals surface area contributed by atoms with Gasteiger partial charge in [0.05, 0.1) is 0 Å². The molecule has 21 heavy (non-hydrogen) atoms. The zero-order valence-electron chi connectivity index (χ0n) is 14.1. The van der Waals surface area contributed by atoms with Crippen molar-refractivity contribution in [2.75, 3.05) is 6.54 Å². The van der Waals surface area contributed by atoms with E-state index in [4.69, 9.17) is 4.74 Å². The summed E-state index contributed by atoms with van der Waals surface area (Å²) in [5.41, 5.74) is -1.77. The van der Waals surface area contributed by atoms with Crippen molar-refractivity contribution in [2.45, 2.75) is 71.9 Å². The molecule has 0 heterocycles. The Bertz CT molecular complexity index is 390. The van der Waals surface area contributed by atoms with E-state index in [1.807, 2.05) is 0 Å². The number of hydrogen-bond donors (Lipinski definition) is 1. The van der Waals surface area contributed by atoms with E-state index in [1.54, 1.807) is 27.7 Å². The molecule has 1 aliphatic carbocycles. The maximum atomic E-state index is 12.5. The molecule has 0 aromatic heterocycles. The van der Waals surface area contributed by atoms with E-state index in [0.29, 0.717) is 19.4 Å². The van der Waals surface area contributed by atoms with Gasteiger partial charge >= 0.3 is 12.1 Å². The summed E-state index contributed by atoms with van der Waals surface area (Å²) in [4.78, 5) is 25.9. The normalized spacial score (nSPS) is 29.8. The summed E-state index contributed by atoms with van der Waals surface area (Å²) in [5.74, 6) is -0.365. The van der Waals surface area contributed by atoms with E-state index in [-0.39, 0.29) is 11.8 Å². The average molecular weight is 299 g/mol. The first kappa shape index (κ1) is 17.8. The molecule has 5 nitrogen and oxygen atoms in total. The number of ether oxygens (including phenoxy) is 1. The van der Waals surface area contributed by atoms with Crippen LogP contribution in [0.15, 0.2) is 0 Å². The van der Waals surface area contributed by atoms with Gasteiger partial charge in [0.25, 0.3) is 0 Å². The fraction of sp³-hybridized carbons (Fsp3) is 0.875. The van der Waals surface area contributed by atoms with E-state index in [0.717, 1.165) is 6.42 Å². The van der Waals surface area contributed by atoms with Crippen LogP contribution in [0.25, 0.3) is 0 Å². The van der Waals surface area contributed by atoms with Crippen molar-refractivity contribution in [1.29, 1.82) is 0 Å². The molecule has 0 spiro atoms. The van der Waals surface area contributed by atoms with Crippen LogP contribution >= 0.6 is 0 Å². The Hall–Kier alpha value is -1.26. The number of amides is 1. The summed E-state index contributed by atoms with van der Waals surface area (Å²) in [7, 11) is 0. The Labute approximate surface area is 127 Å². The lowest BCUT2D eigenvalue weighted by atomic mass is 9.70. The third kappa shape index (κ3) is 4.11. The number of hydrogen-bond acceptors (Lipinski definition) is 3. The van der Waals surface area contributed by atoms with Gasteiger partial charge in [0.1, 0.15) is 11.1 Å². The zero-order valence-corrected chi connectivity index (χ0v) is 14.1. The van der Waals surface area contributed by atoms with Gasteiger partial charge in [-0.05, 0) is 58.8 Å². The minimum absolute atomic E-state index is 0.279. The first-order valence-corrected chi connectivity index (χ1v) is 7.76. The van der Waals surface area contributed by atoms with Gasteiger partial charge in [-0.15, -0.1) is 0 Å². The van der Waals surface area contributed by atoms with Crippen molar-refractivity contribution in [3.63, 3.8) is 0 Å². The molecule has 1 N–H and O–H groups in total. The van der Waals surface area contributed by atoms with E-state index < -0.39 is 23.2 Å². The van der Waals surface area contributed by atoms with Crippen molar-refractivity contribution in [3.8, 4) is 0 Å². The van der Waals surface area contributed by atoms with Crippen LogP contribution < -0.4 is 0 Å². The van der Waals surface area contributed by atoms with Crippen molar-refractivity contribution in [1.82, 2.24) is 4.90 Å². The lowest BCUT2D eigenvalue weighted by Crippen LogP contribution is -2.60. The minimum atomic E-state index is -1.14. The molecule has 0 saturated heterocycles. The van der Waals surface area contributed by atoms with Crippen LogP contribution in [-0.2, 0) is 9.53 Å². The molecule has 0 radical (unpaired) electrons. The summed E-state index contributed by atoms with van der Waals surface area (Å²) in [5, 5.41) is 9.82. The predicted molar refractivity (Wildman–Crippen MR) is 81.2 cm³/mol. The van der Waals surface area contributed by atoms with Crippen molar-refractivity contribution >= 4 is 12.1 Å². The van der Waals surface area contributed by atoms with E-state index in [1.165, 1.54) is 4.90 Å². The molecule has 5 heteroatoms. The van der Waals surface area contributed by atoms with Crippen LogP contribution in [0.4, 0.5) is 4.79 Å². The van der Waals surface area contributed by atoms with Gasteiger partial charge in [0.2, 0.25) is 0 Å². The van der Waals surface area contributed by atoms with Crippen molar-refractivity contribution in [2.24, 2.45) is 11.8 Å². The highest BCUT2D eigenvalue weighted by Gasteiger charge is 2.51. The number of rotatable bonds is 3. The lowest BCUT2D eigenvalue weighted by molar-refractivity contribution is -0.156. The molecule has 0 aliphatic heterocycles. The third-order valence-electron chi connectivity index (χ3n) is 4.02. The second-order valence-electron chi connectivity index (χ2n) is 7.42. The van der Waals surface area contributed by atoms with Gasteiger partial charge in [-0.1, -0.05) is 13.8 Å². The van der Waals surface area contributed by atoms with Crippen LogP contribution in [0.1, 0.15) is 60.8 Å². The number of carboxylic acid groups (broad SMARTS) is 1. The van der Waals surface area contributed by atoms with Crippen LogP contribution in [-0.4, -0.2) is 39.8 Å². The SMILES string of the molecule is CCN(C(=O)OC(C)(C)C)C1(C(=O)O)CC(C)CC(C)C1. The Kier molecular flexibility index (Phi) is 5.29. The number of nitrogens with zero attached hydrogens (tertiary/aromatic N) is 1. The molecule has 1 aliphatic rings. The monoisotopic (exact) mass is 299 g/mol. The van der Waals surface area contributed by atoms with Gasteiger partial charge in [-0.25, -0.2) is 9.59 Å². The lowest BCUT2D eigenvalue weighted by Gasteiger charge is -2.46. The van der Waals surface area contributed by atoms with Crippen LogP contribution in [0.2, 0.25) is 0 Å². The Morgan fingerprint density at radius 2 is 1.71 bits per heavy atom. The highest BCUT2D eigenvalue weighted by molar-refractivity contribution is 5.84. The zero-order chi connectivity index (χ0) is 16.4. The smallest absolute Gasteiger partial charge is 0.411 e. The first-order chi connectivity index (χ1) is 9.51. The molecule has 0 aromatic rings. The van der Waals surface area contributed by atoms with Crippen LogP contribution in [0, 0.1) is 11.8 Å². The molecule has 2 atom stereocenters. The number of carbonyl (C=O) groups excluding carboxylic acids is 1. The van der Waals surface area contributed by atoms with Crippen LogP contribution in [0.5, 0.6) is 0 Å². The highest BCUT2D eigenvalue weighted by Crippen LogP contribution is 2.40. The van der Waals surface area contributed by atoms with E-state index >= 15 is 0 Å². The molecule has 122 valence electrons. The minimum Gasteiger partial charge on any atom is -0.479 e. The topological polar surface area (TPSA) is 66.8 Å². The maximum absolute atomic E-state index is 12.5. The molecular formula is C16H29NO4. The summed E-state index contributed by atoms with van der Waals surface area (Å²) < 4.78 is 5.41. The Balaban J connectivity index is 3.12. The van der Waals surface area contributed by atoms with Crippen LogP contribution in [0.3, 0.4) is 0 Å². The van der Waals surface area contributed by atoms with Gasteiger partial charge in [0, 0.05) is 6.54 Å². The summed E-state index contributed by atoms with van der Waals surface area (Å²) in [6.45, 7) is 11.6. The molecule has 2 unspecified atom stereocenters. The van der Waals surface area contributed by atoms with E-state index in [2.05, 4.69) is 13.8 Å². The number of likely N-dealkylation sites (N-methyl/N-ethyl adjacent to an activating group) is 1. The molecular weight excluding hydrogens is 270 g/mol. The second-order valence-corrected chi connectivity index (χ2v) is 7.42. The number of carboxylic acids is 1. The Morgan fingerprint density at radius 3 is 2.05 bits per heavy atom. The number of carbonyl (C=O) groups is 2. The molecule has 0 bridgehead atoms.